The van der Waals surface area contributed by atoms with Crippen LogP contribution in [-0.4, -0.2) is 48.2 Å². The predicted octanol–water partition coefficient (Wildman–Crippen LogP) is 0.749. The number of unbranched alkanes of at least 4 members (excludes halogenated alkanes) is 1. The van der Waals surface area contributed by atoms with E-state index < -0.39 is 0 Å². The topological polar surface area (TPSA) is 52.6 Å². The molecule has 0 saturated heterocycles. The minimum absolute atomic E-state index is 0.111. The molecule has 0 aromatic rings. The van der Waals surface area contributed by atoms with Crippen molar-refractivity contribution in [1.82, 2.24) is 10.2 Å². The number of hydrogen-bond acceptors (Lipinski definition) is 3. The average molecular weight is 228 g/mol. The van der Waals surface area contributed by atoms with Crippen molar-refractivity contribution in [3.8, 4) is 0 Å². The number of aliphatic hydroxyl groups excluding tert-OH is 1. The summed E-state index contributed by atoms with van der Waals surface area (Å²) in [6, 6.07) is 0.774. The molecular formula is C12H24N2O2. The average Bonchev–Trinajstić information content (AvgIpc) is 3.09. The standard InChI is InChI=1S/C12H24N2O2/c1-2-14(11-6-7-11)9-8-13-12(16)5-3-4-10-15/h11,15H,2-10H2,1H3,(H,13,16). The number of amides is 1. The molecule has 0 spiro atoms. The highest BCUT2D eigenvalue weighted by atomic mass is 16.2. The van der Waals surface area contributed by atoms with Crippen LogP contribution in [0.2, 0.25) is 0 Å². The number of rotatable bonds is 9. The van der Waals surface area contributed by atoms with Crippen LogP contribution in [0.1, 0.15) is 39.0 Å². The number of nitrogens with one attached hydrogen (secondary N) is 1. The summed E-state index contributed by atoms with van der Waals surface area (Å²) in [6.07, 6.45) is 4.67. The number of hydrogen-bond donors (Lipinski definition) is 2. The van der Waals surface area contributed by atoms with Crippen LogP contribution in [0.25, 0.3) is 0 Å². The van der Waals surface area contributed by atoms with E-state index in [2.05, 4.69) is 17.1 Å². The summed E-state index contributed by atoms with van der Waals surface area (Å²) < 4.78 is 0. The van der Waals surface area contributed by atoms with Crippen molar-refractivity contribution in [2.75, 3.05) is 26.2 Å². The van der Waals surface area contributed by atoms with E-state index in [0.717, 1.165) is 38.5 Å². The number of carbonyl (C=O) groups is 1. The molecule has 1 aliphatic rings. The van der Waals surface area contributed by atoms with Crippen molar-refractivity contribution in [3.05, 3.63) is 0 Å². The van der Waals surface area contributed by atoms with Gasteiger partial charge in [-0.1, -0.05) is 6.92 Å². The third kappa shape index (κ3) is 5.47. The fraction of sp³-hybridized carbons (Fsp3) is 0.917. The summed E-state index contributed by atoms with van der Waals surface area (Å²) in [6.45, 7) is 5.14. The Morgan fingerprint density at radius 1 is 1.44 bits per heavy atom. The highest BCUT2D eigenvalue weighted by molar-refractivity contribution is 5.75. The van der Waals surface area contributed by atoms with Gasteiger partial charge in [0.25, 0.3) is 0 Å². The second-order valence-electron chi connectivity index (χ2n) is 4.39. The molecule has 2 N–H and O–H groups in total. The van der Waals surface area contributed by atoms with Crippen LogP contribution >= 0.6 is 0 Å². The van der Waals surface area contributed by atoms with Gasteiger partial charge in [0.2, 0.25) is 5.91 Å². The van der Waals surface area contributed by atoms with Crippen LogP contribution in [0, 0.1) is 0 Å². The number of likely N-dealkylation sites (N-methyl/N-ethyl adjacent to an activating group) is 1. The maximum atomic E-state index is 11.4. The molecule has 4 heteroatoms. The second-order valence-corrected chi connectivity index (χ2v) is 4.39. The lowest BCUT2D eigenvalue weighted by Gasteiger charge is -2.19. The van der Waals surface area contributed by atoms with Gasteiger partial charge in [-0.05, 0) is 32.2 Å². The third-order valence-electron chi connectivity index (χ3n) is 3.00. The molecule has 0 bridgehead atoms. The highest BCUT2D eigenvalue weighted by Gasteiger charge is 2.27. The Bertz CT molecular complexity index is 205. The lowest BCUT2D eigenvalue weighted by molar-refractivity contribution is -0.121. The molecule has 0 radical (unpaired) electrons. The zero-order valence-corrected chi connectivity index (χ0v) is 10.2. The minimum Gasteiger partial charge on any atom is -0.396 e. The molecule has 4 nitrogen and oxygen atoms in total. The molecule has 0 heterocycles. The van der Waals surface area contributed by atoms with Crippen LogP contribution < -0.4 is 5.32 Å². The first-order valence-electron chi connectivity index (χ1n) is 6.39. The smallest absolute Gasteiger partial charge is 0.220 e. The van der Waals surface area contributed by atoms with Gasteiger partial charge in [-0.25, -0.2) is 0 Å². The van der Waals surface area contributed by atoms with Crippen molar-refractivity contribution in [2.45, 2.75) is 45.1 Å². The maximum absolute atomic E-state index is 11.4. The monoisotopic (exact) mass is 228 g/mol. The number of nitrogens with zero attached hydrogens (tertiary/aromatic N) is 1. The summed E-state index contributed by atoms with van der Waals surface area (Å²) in [5.41, 5.74) is 0. The van der Waals surface area contributed by atoms with Crippen LogP contribution in [-0.2, 0) is 4.79 Å². The molecule has 0 unspecified atom stereocenters. The Labute approximate surface area is 98.0 Å². The molecular weight excluding hydrogens is 204 g/mol. The Kier molecular flexibility index (Phi) is 6.42. The van der Waals surface area contributed by atoms with Gasteiger partial charge in [0.1, 0.15) is 0 Å². The summed E-state index contributed by atoms with van der Waals surface area (Å²) in [5, 5.41) is 11.5. The lowest BCUT2D eigenvalue weighted by atomic mass is 10.2. The molecule has 0 aliphatic heterocycles. The molecule has 1 amide bonds. The van der Waals surface area contributed by atoms with Crippen LogP contribution in [0.5, 0.6) is 0 Å². The fourth-order valence-corrected chi connectivity index (χ4v) is 1.86. The van der Waals surface area contributed by atoms with E-state index in [1.165, 1.54) is 12.8 Å². The SMILES string of the molecule is CCN(CCNC(=O)CCCCO)C1CC1. The van der Waals surface area contributed by atoms with Crippen LogP contribution in [0.4, 0.5) is 0 Å². The summed E-state index contributed by atoms with van der Waals surface area (Å²) >= 11 is 0. The fourth-order valence-electron chi connectivity index (χ4n) is 1.86. The van der Waals surface area contributed by atoms with E-state index in [1.807, 2.05) is 0 Å². The highest BCUT2D eigenvalue weighted by Crippen LogP contribution is 2.25. The van der Waals surface area contributed by atoms with E-state index >= 15 is 0 Å². The number of carbonyl (C=O) groups excluding carboxylic acids is 1. The molecule has 1 saturated carbocycles. The molecule has 1 rings (SSSR count). The van der Waals surface area contributed by atoms with E-state index in [-0.39, 0.29) is 12.5 Å². The predicted molar refractivity (Wildman–Crippen MR) is 64.2 cm³/mol. The van der Waals surface area contributed by atoms with Crippen molar-refractivity contribution in [3.63, 3.8) is 0 Å². The molecule has 1 aliphatic carbocycles. The first-order valence-corrected chi connectivity index (χ1v) is 6.39. The Balaban J connectivity index is 1.98. The van der Waals surface area contributed by atoms with E-state index in [0.29, 0.717) is 6.42 Å². The molecule has 0 aromatic heterocycles. The van der Waals surface area contributed by atoms with Gasteiger partial charge in [0.15, 0.2) is 0 Å². The normalized spacial score (nSPS) is 15.4. The first kappa shape index (κ1) is 13.5. The van der Waals surface area contributed by atoms with Crippen molar-refractivity contribution >= 4 is 5.91 Å². The van der Waals surface area contributed by atoms with Crippen molar-refractivity contribution < 1.29 is 9.90 Å². The molecule has 1 fully saturated rings. The maximum Gasteiger partial charge on any atom is 0.220 e. The van der Waals surface area contributed by atoms with Gasteiger partial charge in [-0.15, -0.1) is 0 Å². The number of aliphatic hydroxyl groups is 1. The van der Waals surface area contributed by atoms with Gasteiger partial charge in [-0.2, -0.15) is 0 Å². The molecule has 16 heavy (non-hydrogen) atoms. The quantitative estimate of drug-likeness (QED) is 0.573. The van der Waals surface area contributed by atoms with E-state index in [9.17, 15) is 4.79 Å². The zero-order chi connectivity index (χ0) is 11.8. The minimum atomic E-state index is 0.111. The zero-order valence-electron chi connectivity index (χ0n) is 10.2. The Morgan fingerprint density at radius 3 is 2.75 bits per heavy atom. The lowest BCUT2D eigenvalue weighted by Crippen LogP contribution is -2.36. The van der Waals surface area contributed by atoms with Gasteiger partial charge >= 0.3 is 0 Å². The summed E-state index contributed by atoms with van der Waals surface area (Å²) in [5.74, 6) is 0.111. The summed E-state index contributed by atoms with van der Waals surface area (Å²) in [7, 11) is 0. The second kappa shape index (κ2) is 7.63. The van der Waals surface area contributed by atoms with Gasteiger partial charge in [0, 0.05) is 32.2 Å². The Hall–Kier alpha value is -0.610. The van der Waals surface area contributed by atoms with Crippen molar-refractivity contribution in [1.29, 1.82) is 0 Å². The van der Waals surface area contributed by atoms with Crippen LogP contribution in [0.3, 0.4) is 0 Å². The molecule has 0 atom stereocenters. The van der Waals surface area contributed by atoms with Crippen molar-refractivity contribution in [2.24, 2.45) is 0 Å². The first-order chi connectivity index (χ1) is 7.77. The van der Waals surface area contributed by atoms with Gasteiger partial charge in [0.05, 0.1) is 0 Å². The van der Waals surface area contributed by atoms with Gasteiger partial charge in [-0.3, -0.25) is 9.69 Å². The van der Waals surface area contributed by atoms with E-state index in [1.54, 1.807) is 0 Å². The third-order valence-corrected chi connectivity index (χ3v) is 3.00. The summed E-state index contributed by atoms with van der Waals surface area (Å²) in [4.78, 5) is 13.8. The molecule has 94 valence electrons. The van der Waals surface area contributed by atoms with Gasteiger partial charge < -0.3 is 10.4 Å². The Morgan fingerprint density at radius 2 is 2.19 bits per heavy atom. The largest absolute Gasteiger partial charge is 0.396 e. The molecule has 0 aromatic carbocycles. The van der Waals surface area contributed by atoms with Crippen LogP contribution in [0.15, 0.2) is 0 Å². The van der Waals surface area contributed by atoms with E-state index in [4.69, 9.17) is 5.11 Å².